The van der Waals surface area contributed by atoms with E-state index in [-0.39, 0.29) is 40.3 Å². The number of rotatable bonds is 10. The highest BCUT2D eigenvalue weighted by Crippen LogP contribution is 2.40. The van der Waals surface area contributed by atoms with Crippen LogP contribution in [0.3, 0.4) is 0 Å². The van der Waals surface area contributed by atoms with Gasteiger partial charge in [0.25, 0.3) is 6.43 Å². The monoisotopic (exact) mass is 469 g/mol. The number of hydrogen-bond donors (Lipinski definition) is 1. The van der Waals surface area contributed by atoms with Gasteiger partial charge in [-0.05, 0) is 44.7 Å². The maximum atomic E-state index is 13.4. The molecule has 2 heterocycles. The average molecular weight is 470 g/mol. The van der Waals surface area contributed by atoms with E-state index >= 15 is 0 Å². The van der Waals surface area contributed by atoms with Gasteiger partial charge in [0.05, 0.1) is 24.5 Å². The number of esters is 2. The zero-order valence-corrected chi connectivity index (χ0v) is 18.9. The summed E-state index contributed by atoms with van der Waals surface area (Å²) in [5, 5.41) is 6.82. The normalized spacial score (nSPS) is 13.3. The second-order valence-electron chi connectivity index (χ2n) is 7.39. The molecule has 32 heavy (non-hydrogen) atoms. The van der Waals surface area contributed by atoms with Gasteiger partial charge >= 0.3 is 11.9 Å². The van der Waals surface area contributed by atoms with Crippen molar-refractivity contribution in [3.8, 4) is 0 Å². The van der Waals surface area contributed by atoms with Crippen LogP contribution in [0.4, 0.5) is 13.8 Å². The molecule has 2 aromatic heterocycles. The topological polar surface area (TPSA) is 99.5 Å². The first-order valence-electron chi connectivity index (χ1n) is 10.4. The van der Waals surface area contributed by atoms with Crippen LogP contribution in [0, 0.1) is 6.92 Å². The van der Waals surface area contributed by atoms with Crippen molar-refractivity contribution >= 4 is 34.2 Å². The van der Waals surface area contributed by atoms with E-state index in [2.05, 4.69) is 10.4 Å². The lowest BCUT2D eigenvalue weighted by molar-refractivity contribution is -0.117. The zero-order chi connectivity index (χ0) is 23.4. The molecule has 1 amide bonds. The average Bonchev–Trinajstić information content (AvgIpc) is 3.42. The van der Waals surface area contributed by atoms with Crippen molar-refractivity contribution in [3.05, 3.63) is 33.5 Å². The molecule has 0 radical (unpaired) electrons. The summed E-state index contributed by atoms with van der Waals surface area (Å²) in [5.41, 5.74) is 0.592. The molecule has 1 fully saturated rings. The summed E-state index contributed by atoms with van der Waals surface area (Å²) in [6.07, 6.45) is -0.400. The van der Waals surface area contributed by atoms with Gasteiger partial charge in [0.1, 0.15) is 22.1 Å². The van der Waals surface area contributed by atoms with Crippen molar-refractivity contribution in [3.63, 3.8) is 0 Å². The summed E-state index contributed by atoms with van der Waals surface area (Å²) in [5.74, 6) is -1.81. The van der Waals surface area contributed by atoms with Crippen LogP contribution in [0.2, 0.25) is 0 Å². The van der Waals surface area contributed by atoms with Crippen molar-refractivity contribution in [2.24, 2.45) is 0 Å². The van der Waals surface area contributed by atoms with Crippen LogP contribution in [-0.4, -0.2) is 40.8 Å². The molecular weight excluding hydrogens is 444 g/mol. The maximum absolute atomic E-state index is 13.4. The van der Waals surface area contributed by atoms with E-state index in [1.54, 1.807) is 13.8 Å². The number of halogens is 2. The molecule has 11 heteroatoms. The van der Waals surface area contributed by atoms with E-state index in [1.807, 2.05) is 6.92 Å². The molecule has 0 aliphatic heterocycles. The molecule has 0 spiro atoms. The number of hydrogen-bond acceptors (Lipinski definition) is 7. The predicted molar refractivity (Wildman–Crippen MR) is 113 cm³/mol. The molecule has 0 atom stereocenters. The van der Waals surface area contributed by atoms with E-state index in [1.165, 1.54) is 6.07 Å². The third-order valence-electron chi connectivity index (χ3n) is 4.84. The van der Waals surface area contributed by atoms with E-state index < -0.39 is 30.8 Å². The molecular formula is C21H25F2N3O5S. The number of thiophene rings is 1. The molecule has 1 N–H and O–H groups in total. The van der Waals surface area contributed by atoms with Gasteiger partial charge in [-0.15, -0.1) is 11.3 Å². The number of nitrogens with zero attached hydrogens (tertiary/aromatic N) is 2. The van der Waals surface area contributed by atoms with Crippen molar-refractivity contribution in [2.75, 3.05) is 18.5 Å². The molecule has 0 saturated heterocycles. The molecule has 174 valence electrons. The van der Waals surface area contributed by atoms with Crippen molar-refractivity contribution in [1.29, 1.82) is 0 Å². The van der Waals surface area contributed by atoms with Crippen LogP contribution < -0.4 is 5.32 Å². The molecule has 0 unspecified atom stereocenters. The third kappa shape index (κ3) is 5.32. The smallest absolute Gasteiger partial charge is 0.348 e. The highest BCUT2D eigenvalue weighted by Gasteiger charge is 2.30. The number of aromatic nitrogens is 2. The quantitative estimate of drug-likeness (QED) is 0.516. The van der Waals surface area contributed by atoms with Crippen molar-refractivity contribution in [1.82, 2.24) is 9.78 Å². The minimum Gasteiger partial charge on any atom is -0.462 e. The van der Waals surface area contributed by atoms with Crippen molar-refractivity contribution < 1.29 is 32.6 Å². The van der Waals surface area contributed by atoms with Gasteiger partial charge in [0.15, 0.2) is 0 Å². The van der Waals surface area contributed by atoms with Gasteiger partial charge in [0, 0.05) is 5.92 Å². The number of alkyl halides is 2. The van der Waals surface area contributed by atoms with Gasteiger partial charge in [-0.3, -0.25) is 9.48 Å². The Morgan fingerprint density at radius 3 is 2.56 bits per heavy atom. The van der Waals surface area contributed by atoms with Crippen molar-refractivity contribution in [2.45, 2.75) is 58.9 Å². The number of nitrogens with one attached hydrogen (secondary N) is 1. The second kappa shape index (κ2) is 10.2. The Kier molecular flexibility index (Phi) is 7.60. The van der Waals surface area contributed by atoms with Crippen LogP contribution >= 0.6 is 11.3 Å². The fraction of sp³-hybridized carbons (Fsp3) is 0.524. The highest BCUT2D eigenvalue weighted by atomic mass is 32.1. The lowest BCUT2D eigenvalue weighted by Crippen LogP contribution is -2.22. The minimum atomic E-state index is -2.78. The summed E-state index contributed by atoms with van der Waals surface area (Å²) in [7, 11) is 0. The standard InChI is InChI=1S/C21H25F2N3O5S/c1-4-8-31-20(28)16-11(3)17(21(29)30-5-2)32-19(16)24-15(27)10-26-14(18(22)23)9-13(25-26)12-6-7-12/h9,12,18H,4-8,10H2,1-3H3,(H,24,27). The molecule has 8 nitrogen and oxygen atoms in total. The highest BCUT2D eigenvalue weighted by molar-refractivity contribution is 7.18. The molecule has 0 aromatic carbocycles. The zero-order valence-electron chi connectivity index (χ0n) is 18.1. The van der Waals surface area contributed by atoms with Gasteiger partial charge in [-0.1, -0.05) is 6.92 Å². The number of carbonyl (C=O) groups excluding carboxylic acids is 3. The Balaban J connectivity index is 1.85. The molecule has 3 rings (SSSR count). The molecule has 1 saturated carbocycles. The van der Waals surface area contributed by atoms with Crippen LogP contribution in [-0.2, 0) is 20.8 Å². The largest absolute Gasteiger partial charge is 0.462 e. The first-order chi connectivity index (χ1) is 15.3. The third-order valence-corrected chi connectivity index (χ3v) is 6.03. The lowest BCUT2D eigenvalue weighted by Gasteiger charge is -2.09. The summed E-state index contributed by atoms with van der Waals surface area (Å²) >= 11 is 0.880. The number of amides is 1. The first-order valence-corrected chi connectivity index (χ1v) is 11.2. The van der Waals surface area contributed by atoms with Gasteiger partial charge in [-0.25, -0.2) is 18.4 Å². The molecule has 1 aliphatic carbocycles. The summed E-state index contributed by atoms with van der Waals surface area (Å²) in [6.45, 7) is 4.91. The lowest BCUT2D eigenvalue weighted by atomic mass is 10.1. The Hall–Kier alpha value is -2.82. The molecule has 1 aliphatic rings. The minimum absolute atomic E-state index is 0.0491. The predicted octanol–water partition coefficient (Wildman–Crippen LogP) is 4.45. The van der Waals surface area contributed by atoms with E-state index in [0.29, 0.717) is 17.7 Å². The molecule has 2 aromatic rings. The SMILES string of the molecule is CCCOC(=O)c1c(NC(=O)Cn2nc(C3CC3)cc2C(F)F)sc(C(=O)OCC)c1C. The van der Waals surface area contributed by atoms with Crippen LogP contribution in [0.15, 0.2) is 6.07 Å². The van der Waals surface area contributed by atoms with Crippen LogP contribution in [0.5, 0.6) is 0 Å². The van der Waals surface area contributed by atoms with E-state index in [4.69, 9.17) is 9.47 Å². The molecule has 0 bridgehead atoms. The fourth-order valence-corrected chi connectivity index (χ4v) is 4.25. The summed E-state index contributed by atoms with van der Waals surface area (Å²) in [4.78, 5) is 37.7. The fourth-order valence-electron chi connectivity index (χ4n) is 3.14. The van der Waals surface area contributed by atoms with Gasteiger partial charge in [-0.2, -0.15) is 5.10 Å². The summed E-state index contributed by atoms with van der Waals surface area (Å²) in [6, 6.07) is 1.33. The van der Waals surface area contributed by atoms with Crippen LogP contribution in [0.1, 0.15) is 82.4 Å². The van der Waals surface area contributed by atoms with Crippen LogP contribution in [0.25, 0.3) is 0 Å². The van der Waals surface area contributed by atoms with E-state index in [9.17, 15) is 23.2 Å². The number of anilines is 1. The Morgan fingerprint density at radius 1 is 1.25 bits per heavy atom. The van der Waals surface area contributed by atoms with Gasteiger partial charge in [0.2, 0.25) is 5.91 Å². The second-order valence-corrected chi connectivity index (χ2v) is 8.41. The first kappa shape index (κ1) is 23.8. The Labute approximate surface area is 187 Å². The maximum Gasteiger partial charge on any atom is 0.348 e. The number of carbonyl (C=O) groups is 3. The summed E-state index contributed by atoms with van der Waals surface area (Å²) < 4.78 is 38.0. The van der Waals surface area contributed by atoms with Gasteiger partial charge < -0.3 is 14.8 Å². The van der Waals surface area contributed by atoms with E-state index in [0.717, 1.165) is 28.9 Å². The Morgan fingerprint density at radius 2 is 1.97 bits per heavy atom. The Bertz CT molecular complexity index is 1010. The number of ether oxygens (including phenoxy) is 2.